The van der Waals surface area contributed by atoms with E-state index in [1.807, 2.05) is 47.2 Å². The molecule has 0 amide bonds. The summed E-state index contributed by atoms with van der Waals surface area (Å²) in [5.74, 6) is 0.782. The first-order chi connectivity index (χ1) is 11.3. The topological polar surface area (TPSA) is 43.1 Å². The fourth-order valence-corrected chi connectivity index (χ4v) is 2.38. The van der Waals surface area contributed by atoms with Gasteiger partial charge in [0.05, 0.1) is 7.11 Å². The second-order valence-electron chi connectivity index (χ2n) is 5.08. The van der Waals surface area contributed by atoms with E-state index in [1.165, 1.54) is 0 Å². The first-order valence-electron chi connectivity index (χ1n) is 7.35. The number of ketones is 1. The fourth-order valence-electron chi connectivity index (χ4n) is 2.38. The van der Waals surface area contributed by atoms with Crippen molar-refractivity contribution in [3.05, 3.63) is 78.6 Å². The number of ether oxygens (including phenoxy) is 1. The molecule has 2 aromatic heterocycles. The SMILES string of the molecule is COc1ccc(C(=O)C[n+]2ccccc2-c2ccccn2)cc1.[Br-]. The molecule has 3 rings (SSSR count). The van der Waals surface area contributed by atoms with Crippen molar-refractivity contribution in [2.75, 3.05) is 7.11 Å². The highest BCUT2D eigenvalue weighted by molar-refractivity contribution is 5.95. The smallest absolute Gasteiger partial charge is 0.231 e. The van der Waals surface area contributed by atoms with Crippen LogP contribution < -0.4 is 26.3 Å². The normalized spacial score (nSPS) is 9.88. The van der Waals surface area contributed by atoms with Gasteiger partial charge in [0.2, 0.25) is 18.0 Å². The molecule has 0 aliphatic carbocycles. The van der Waals surface area contributed by atoms with Crippen molar-refractivity contribution in [1.82, 2.24) is 4.98 Å². The maximum Gasteiger partial charge on any atom is 0.231 e. The molecule has 0 aliphatic heterocycles. The number of aromatic nitrogens is 2. The van der Waals surface area contributed by atoms with Gasteiger partial charge >= 0.3 is 0 Å². The molecule has 0 radical (unpaired) electrons. The lowest BCUT2D eigenvalue weighted by molar-refractivity contribution is -0.672. The minimum Gasteiger partial charge on any atom is -1.00 e. The zero-order valence-electron chi connectivity index (χ0n) is 13.2. The Bertz CT molecular complexity index is 805. The van der Waals surface area contributed by atoms with Gasteiger partial charge in [-0.2, -0.15) is 4.57 Å². The van der Waals surface area contributed by atoms with Gasteiger partial charge in [0.1, 0.15) is 11.4 Å². The third-order valence-electron chi connectivity index (χ3n) is 3.59. The van der Waals surface area contributed by atoms with Crippen LogP contribution >= 0.6 is 0 Å². The summed E-state index contributed by atoms with van der Waals surface area (Å²) < 4.78 is 7.03. The number of Topliss-reactive ketones (excluding diaryl/α,β-unsaturated/α-hetero) is 1. The van der Waals surface area contributed by atoms with Crippen molar-refractivity contribution in [2.24, 2.45) is 0 Å². The second kappa shape index (κ2) is 8.36. The van der Waals surface area contributed by atoms with Crippen LogP contribution in [0.5, 0.6) is 5.75 Å². The van der Waals surface area contributed by atoms with Crippen molar-refractivity contribution in [3.8, 4) is 17.1 Å². The van der Waals surface area contributed by atoms with E-state index >= 15 is 0 Å². The summed E-state index contributed by atoms with van der Waals surface area (Å²) in [5, 5.41) is 0. The van der Waals surface area contributed by atoms with Crippen LogP contribution in [0.3, 0.4) is 0 Å². The molecule has 0 saturated carbocycles. The molecule has 0 N–H and O–H groups in total. The number of methoxy groups -OCH3 is 1. The summed E-state index contributed by atoms with van der Waals surface area (Å²) in [7, 11) is 1.61. The number of benzene rings is 1. The van der Waals surface area contributed by atoms with Gasteiger partial charge in [-0.3, -0.25) is 4.79 Å². The Balaban J connectivity index is 0.00000208. The van der Waals surface area contributed by atoms with E-state index in [2.05, 4.69) is 4.98 Å². The van der Waals surface area contributed by atoms with Gasteiger partial charge in [0.25, 0.3) is 0 Å². The number of carbonyl (C=O) groups is 1. The van der Waals surface area contributed by atoms with E-state index < -0.39 is 0 Å². The summed E-state index contributed by atoms with van der Waals surface area (Å²) in [5.41, 5.74) is 2.42. The van der Waals surface area contributed by atoms with E-state index in [-0.39, 0.29) is 29.3 Å². The van der Waals surface area contributed by atoms with Crippen LogP contribution in [0.15, 0.2) is 73.1 Å². The Kier molecular flexibility index (Phi) is 6.21. The molecule has 1 aromatic carbocycles. The Morgan fingerprint density at radius 1 is 1.04 bits per heavy atom. The van der Waals surface area contributed by atoms with Crippen molar-refractivity contribution in [2.45, 2.75) is 6.54 Å². The summed E-state index contributed by atoms with van der Waals surface area (Å²) >= 11 is 0. The number of halogens is 1. The summed E-state index contributed by atoms with van der Waals surface area (Å²) in [4.78, 5) is 16.9. The molecule has 4 nitrogen and oxygen atoms in total. The second-order valence-corrected chi connectivity index (χ2v) is 5.08. The molecular formula is C19H17BrN2O2. The van der Waals surface area contributed by atoms with Crippen molar-refractivity contribution in [1.29, 1.82) is 0 Å². The summed E-state index contributed by atoms with van der Waals surface area (Å²) in [6.07, 6.45) is 3.64. The molecule has 0 atom stereocenters. The van der Waals surface area contributed by atoms with Crippen LogP contribution in [-0.2, 0) is 6.54 Å². The fraction of sp³-hybridized carbons (Fsp3) is 0.105. The number of rotatable bonds is 5. The van der Waals surface area contributed by atoms with E-state index in [1.54, 1.807) is 37.6 Å². The van der Waals surface area contributed by atoms with Gasteiger partial charge in [0.15, 0.2) is 6.20 Å². The molecule has 24 heavy (non-hydrogen) atoms. The maximum atomic E-state index is 12.5. The van der Waals surface area contributed by atoms with Crippen LogP contribution in [0.4, 0.5) is 0 Å². The number of hydrogen-bond acceptors (Lipinski definition) is 3. The number of carbonyl (C=O) groups excluding carboxylic acids is 1. The number of hydrogen-bond donors (Lipinski definition) is 0. The molecule has 0 unspecified atom stereocenters. The highest BCUT2D eigenvalue weighted by Gasteiger charge is 2.18. The van der Waals surface area contributed by atoms with Crippen molar-refractivity contribution < 1.29 is 31.1 Å². The van der Waals surface area contributed by atoms with Gasteiger partial charge in [-0.1, -0.05) is 6.07 Å². The predicted octanol–water partition coefficient (Wildman–Crippen LogP) is -0.0684. The highest BCUT2D eigenvalue weighted by atomic mass is 79.9. The lowest BCUT2D eigenvalue weighted by Crippen LogP contribution is -3.00. The number of nitrogens with zero attached hydrogens (tertiary/aromatic N) is 2. The Hall–Kier alpha value is -2.53. The third kappa shape index (κ3) is 4.06. The van der Waals surface area contributed by atoms with Gasteiger partial charge < -0.3 is 21.7 Å². The number of pyridine rings is 2. The summed E-state index contributed by atoms with van der Waals surface area (Å²) in [6.45, 7) is 0.263. The Labute approximate surface area is 151 Å². The molecule has 3 aromatic rings. The zero-order valence-corrected chi connectivity index (χ0v) is 14.8. The predicted molar refractivity (Wildman–Crippen MR) is 87.2 cm³/mol. The standard InChI is InChI=1S/C19H17N2O2.BrH/c1-23-16-10-8-15(9-11-16)19(22)14-21-13-5-3-7-18(21)17-6-2-4-12-20-17;/h2-13H,14H2,1H3;1H/q+1;/p-1. The lowest BCUT2D eigenvalue weighted by Gasteiger charge is -2.04. The molecular weight excluding hydrogens is 368 g/mol. The average molecular weight is 385 g/mol. The van der Waals surface area contributed by atoms with Crippen LogP contribution in [0.25, 0.3) is 11.4 Å². The minimum atomic E-state index is 0. The molecule has 0 aliphatic rings. The minimum absolute atomic E-state index is 0. The molecule has 2 heterocycles. The van der Waals surface area contributed by atoms with E-state index in [4.69, 9.17) is 4.74 Å². The van der Waals surface area contributed by atoms with E-state index in [9.17, 15) is 4.79 Å². The van der Waals surface area contributed by atoms with Gasteiger partial charge in [-0.15, -0.1) is 0 Å². The van der Waals surface area contributed by atoms with Crippen molar-refractivity contribution >= 4 is 5.78 Å². The first kappa shape index (κ1) is 17.8. The lowest BCUT2D eigenvalue weighted by atomic mass is 10.1. The van der Waals surface area contributed by atoms with Crippen LogP contribution in [0, 0.1) is 0 Å². The Morgan fingerprint density at radius 2 is 1.79 bits per heavy atom. The molecule has 5 heteroatoms. The average Bonchev–Trinajstić information content (AvgIpc) is 2.63. The van der Waals surface area contributed by atoms with Gasteiger partial charge in [0, 0.05) is 23.9 Å². The highest BCUT2D eigenvalue weighted by Crippen LogP contribution is 2.13. The van der Waals surface area contributed by atoms with Crippen LogP contribution in [0.2, 0.25) is 0 Å². The van der Waals surface area contributed by atoms with Crippen LogP contribution in [-0.4, -0.2) is 17.9 Å². The molecule has 122 valence electrons. The van der Waals surface area contributed by atoms with E-state index in [0.717, 1.165) is 17.1 Å². The zero-order chi connectivity index (χ0) is 16.1. The quantitative estimate of drug-likeness (QED) is 0.456. The third-order valence-corrected chi connectivity index (χ3v) is 3.59. The van der Waals surface area contributed by atoms with Gasteiger partial charge in [-0.25, -0.2) is 4.98 Å². The van der Waals surface area contributed by atoms with E-state index in [0.29, 0.717) is 5.56 Å². The monoisotopic (exact) mass is 384 g/mol. The summed E-state index contributed by atoms with van der Waals surface area (Å²) in [6, 6.07) is 18.7. The molecule has 0 bridgehead atoms. The first-order valence-corrected chi connectivity index (χ1v) is 7.35. The Morgan fingerprint density at radius 3 is 2.46 bits per heavy atom. The molecule has 0 spiro atoms. The molecule has 0 saturated heterocycles. The van der Waals surface area contributed by atoms with Gasteiger partial charge in [-0.05, 0) is 42.5 Å². The largest absolute Gasteiger partial charge is 1.00 e. The molecule has 0 fully saturated rings. The maximum absolute atomic E-state index is 12.5. The van der Waals surface area contributed by atoms with Crippen LogP contribution in [0.1, 0.15) is 10.4 Å². The van der Waals surface area contributed by atoms with Crippen molar-refractivity contribution in [3.63, 3.8) is 0 Å².